The monoisotopic (exact) mass is 425 g/mol. The summed E-state index contributed by atoms with van der Waals surface area (Å²) in [5.74, 6) is -0.938. The maximum Gasteiger partial charge on any atom is 0.350 e. The largest absolute Gasteiger partial charge is 0.462 e. The van der Waals surface area contributed by atoms with E-state index in [1.807, 2.05) is 0 Å². The highest BCUT2D eigenvalue weighted by Gasteiger charge is 2.23. The zero-order valence-corrected chi connectivity index (χ0v) is 18.0. The van der Waals surface area contributed by atoms with Crippen molar-refractivity contribution in [3.8, 4) is 0 Å². The molecule has 0 saturated carbocycles. The summed E-state index contributed by atoms with van der Waals surface area (Å²) >= 11 is 1.02. The molecule has 152 valence electrons. The van der Waals surface area contributed by atoms with Crippen molar-refractivity contribution in [3.05, 3.63) is 40.4 Å². The molecule has 28 heavy (non-hydrogen) atoms. The third-order valence-electron chi connectivity index (χ3n) is 4.00. The maximum atomic E-state index is 12.5. The van der Waals surface area contributed by atoms with E-state index in [1.54, 1.807) is 27.7 Å². The highest BCUT2D eigenvalue weighted by atomic mass is 32.2. The van der Waals surface area contributed by atoms with Crippen LogP contribution in [0.15, 0.2) is 29.2 Å². The highest BCUT2D eigenvalue weighted by Crippen LogP contribution is 2.24. The lowest BCUT2D eigenvalue weighted by molar-refractivity contribution is 0.0531. The summed E-state index contributed by atoms with van der Waals surface area (Å²) in [5.41, 5.74) is 0.744. The second-order valence-electron chi connectivity index (χ2n) is 6.25. The van der Waals surface area contributed by atoms with Gasteiger partial charge in [0.1, 0.15) is 4.88 Å². The number of carbonyl (C=O) groups excluding carboxylic acids is 2. The van der Waals surface area contributed by atoms with Gasteiger partial charge in [-0.1, -0.05) is 11.3 Å². The molecule has 0 fully saturated rings. The Balaban J connectivity index is 2.16. The summed E-state index contributed by atoms with van der Waals surface area (Å²) in [4.78, 5) is 28.9. The second-order valence-corrected chi connectivity index (χ2v) is 9.24. The van der Waals surface area contributed by atoms with Gasteiger partial charge in [-0.25, -0.2) is 18.2 Å². The number of aryl methyl sites for hydroxylation is 1. The lowest BCUT2D eigenvalue weighted by Crippen LogP contribution is -2.33. The molecule has 1 aromatic carbocycles. The number of anilines is 1. The molecule has 0 bridgehead atoms. The van der Waals surface area contributed by atoms with Crippen LogP contribution in [0.5, 0.6) is 0 Å². The van der Waals surface area contributed by atoms with Crippen LogP contribution < -0.4 is 5.32 Å². The van der Waals surface area contributed by atoms with E-state index in [1.165, 1.54) is 35.6 Å². The average Bonchev–Trinajstić information content (AvgIpc) is 3.01. The van der Waals surface area contributed by atoms with Crippen molar-refractivity contribution < 1.29 is 22.7 Å². The van der Waals surface area contributed by atoms with E-state index in [0.29, 0.717) is 10.6 Å². The fourth-order valence-corrected chi connectivity index (χ4v) is 4.45. The number of hydrogen-bond donors (Lipinski definition) is 1. The molecule has 1 N–H and O–H groups in total. The van der Waals surface area contributed by atoms with E-state index in [0.717, 1.165) is 11.3 Å². The summed E-state index contributed by atoms with van der Waals surface area (Å²) in [7, 11) is -2.11. The Bertz CT molecular complexity index is 966. The minimum absolute atomic E-state index is 0.106. The predicted molar refractivity (Wildman–Crippen MR) is 107 cm³/mol. The Morgan fingerprint density at radius 3 is 2.39 bits per heavy atom. The van der Waals surface area contributed by atoms with Crippen molar-refractivity contribution in [3.63, 3.8) is 0 Å². The van der Waals surface area contributed by atoms with Crippen LogP contribution in [-0.4, -0.2) is 49.3 Å². The molecule has 0 radical (unpaired) electrons. The normalized spacial score (nSPS) is 11.7. The van der Waals surface area contributed by atoms with Crippen molar-refractivity contribution in [2.24, 2.45) is 0 Å². The van der Waals surface area contributed by atoms with Gasteiger partial charge < -0.3 is 4.74 Å². The van der Waals surface area contributed by atoms with Crippen molar-refractivity contribution in [1.29, 1.82) is 0 Å². The quantitative estimate of drug-likeness (QED) is 0.684. The SMILES string of the molecule is CCOC(=O)c1sc(NC(=O)c2ccc(S(=O)(=O)N(C)C(C)C)cc2)nc1C. The first-order valence-electron chi connectivity index (χ1n) is 8.62. The molecule has 2 aromatic rings. The number of benzene rings is 1. The molecule has 2 rings (SSSR count). The number of aromatic nitrogens is 1. The molecule has 0 aliphatic rings. The van der Waals surface area contributed by atoms with E-state index in [9.17, 15) is 18.0 Å². The Morgan fingerprint density at radius 2 is 1.86 bits per heavy atom. The number of ether oxygens (including phenoxy) is 1. The van der Waals surface area contributed by atoms with Crippen LogP contribution in [0.1, 0.15) is 46.5 Å². The summed E-state index contributed by atoms with van der Waals surface area (Å²) < 4.78 is 31.2. The third-order valence-corrected chi connectivity index (χ3v) is 7.10. The van der Waals surface area contributed by atoms with Gasteiger partial charge in [-0.05, 0) is 52.0 Å². The van der Waals surface area contributed by atoms with Gasteiger partial charge in [0.25, 0.3) is 5.91 Å². The molecule has 0 aliphatic carbocycles. The van der Waals surface area contributed by atoms with Gasteiger partial charge in [-0.15, -0.1) is 0 Å². The second kappa shape index (κ2) is 8.80. The van der Waals surface area contributed by atoms with E-state index in [2.05, 4.69) is 10.3 Å². The Hall–Kier alpha value is -2.30. The number of amides is 1. The zero-order valence-electron chi connectivity index (χ0n) is 16.3. The first kappa shape index (κ1) is 22.0. The number of hydrogen-bond acceptors (Lipinski definition) is 7. The Morgan fingerprint density at radius 1 is 1.25 bits per heavy atom. The molecule has 8 nitrogen and oxygen atoms in total. The van der Waals surface area contributed by atoms with Gasteiger partial charge in [-0.3, -0.25) is 10.1 Å². The van der Waals surface area contributed by atoms with Crippen molar-refractivity contribution in [2.45, 2.75) is 38.6 Å². The highest BCUT2D eigenvalue weighted by molar-refractivity contribution is 7.89. The van der Waals surface area contributed by atoms with Gasteiger partial charge in [0, 0.05) is 18.7 Å². The summed E-state index contributed by atoms with van der Waals surface area (Å²) in [6, 6.07) is 5.46. The number of nitrogens with zero attached hydrogens (tertiary/aromatic N) is 2. The van der Waals surface area contributed by atoms with Crippen LogP contribution in [0.2, 0.25) is 0 Å². The van der Waals surface area contributed by atoms with Crippen LogP contribution in [-0.2, 0) is 14.8 Å². The maximum absolute atomic E-state index is 12.5. The lowest BCUT2D eigenvalue weighted by atomic mass is 10.2. The molecule has 0 atom stereocenters. The average molecular weight is 426 g/mol. The number of rotatable bonds is 7. The first-order chi connectivity index (χ1) is 13.1. The van der Waals surface area contributed by atoms with E-state index < -0.39 is 21.9 Å². The van der Waals surface area contributed by atoms with Crippen LogP contribution in [0.3, 0.4) is 0 Å². The van der Waals surface area contributed by atoms with Crippen LogP contribution >= 0.6 is 11.3 Å². The molecule has 0 aliphatic heterocycles. The molecular weight excluding hydrogens is 402 g/mol. The summed E-state index contributed by atoms with van der Waals surface area (Å²) in [6.07, 6.45) is 0. The van der Waals surface area contributed by atoms with Gasteiger partial charge >= 0.3 is 5.97 Å². The summed E-state index contributed by atoms with van der Waals surface area (Å²) in [5, 5.41) is 2.88. The van der Waals surface area contributed by atoms with Gasteiger partial charge in [0.2, 0.25) is 10.0 Å². The fourth-order valence-electron chi connectivity index (χ4n) is 2.23. The molecule has 1 heterocycles. The number of esters is 1. The topological polar surface area (TPSA) is 106 Å². The smallest absolute Gasteiger partial charge is 0.350 e. The minimum Gasteiger partial charge on any atom is -0.462 e. The number of sulfonamides is 1. The molecule has 10 heteroatoms. The van der Waals surface area contributed by atoms with E-state index >= 15 is 0 Å². The first-order valence-corrected chi connectivity index (χ1v) is 10.9. The van der Waals surface area contributed by atoms with E-state index in [-0.39, 0.29) is 28.2 Å². The van der Waals surface area contributed by atoms with Crippen LogP contribution in [0, 0.1) is 6.92 Å². The number of thiazole rings is 1. The fraction of sp³-hybridized carbons (Fsp3) is 0.389. The molecule has 0 saturated heterocycles. The zero-order chi connectivity index (χ0) is 21.1. The third kappa shape index (κ3) is 4.75. The molecule has 1 amide bonds. The van der Waals surface area contributed by atoms with Crippen LogP contribution in [0.25, 0.3) is 0 Å². The van der Waals surface area contributed by atoms with E-state index in [4.69, 9.17) is 4.74 Å². The molecule has 0 spiro atoms. The summed E-state index contributed by atoms with van der Waals surface area (Å²) in [6.45, 7) is 7.17. The lowest BCUT2D eigenvalue weighted by Gasteiger charge is -2.20. The molecule has 0 unspecified atom stereocenters. The molecule has 1 aromatic heterocycles. The molecular formula is C18H23N3O5S2. The minimum atomic E-state index is -3.62. The van der Waals surface area contributed by atoms with Gasteiger partial charge in [0.05, 0.1) is 17.2 Å². The van der Waals surface area contributed by atoms with Crippen molar-refractivity contribution >= 4 is 38.4 Å². The van der Waals surface area contributed by atoms with Crippen molar-refractivity contribution in [2.75, 3.05) is 19.0 Å². The number of carbonyl (C=O) groups is 2. The van der Waals surface area contributed by atoms with Crippen molar-refractivity contribution in [1.82, 2.24) is 9.29 Å². The predicted octanol–water partition coefficient (Wildman–Crippen LogP) is 2.91. The number of nitrogens with one attached hydrogen (secondary N) is 1. The van der Waals surface area contributed by atoms with Gasteiger partial charge in [0.15, 0.2) is 5.13 Å². The Kier molecular flexibility index (Phi) is 6.91. The van der Waals surface area contributed by atoms with Gasteiger partial charge in [-0.2, -0.15) is 4.31 Å². The Labute approximate surface area is 168 Å². The standard InChI is InChI=1S/C18H23N3O5S2/c1-6-26-17(23)15-12(4)19-18(27-15)20-16(22)13-7-9-14(10-8-13)28(24,25)21(5)11(2)3/h7-11H,6H2,1-5H3,(H,19,20,22). The van der Waals surface area contributed by atoms with Crippen LogP contribution in [0.4, 0.5) is 5.13 Å².